The number of aromatic nitrogens is 1. The van der Waals surface area contributed by atoms with E-state index in [0.717, 1.165) is 44.7 Å². The Balaban J connectivity index is 1.23. The van der Waals surface area contributed by atoms with Crippen LogP contribution >= 0.6 is 0 Å². The largest absolute Gasteiger partial charge is 0.456 e. The second-order valence-electron chi connectivity index (χ2n) is 12.6. The lowest BCUT2D eigenvalue weighted by Gasteiger charge is -2.26. The molecule has 2 aromatic heterocycles. The van der Waals surface area contributed by atoms with E-state index in [1.807, 2.05) is 12.1 Å². The van der Waals surface area contributed by atoms with Crippen LogP contribution in [0, 0.1) is 0 Å². The molecule has 0 aliphatic rings. The first-order chi connectivity index (χ1) is 24.3. The Morgan fingerprint density at radius 1 is 0.388 bits per heavy atom. The number of hydrogen-bond acceptors (Lipinski definition) is 2. The maximum Gasteiger partial charge on any atom is 0.137 e. The first kappa shape index (κ1) is 27.5. The molecule has 0 amide bonds. The third-order valence-electron chi connectivity index (χ3n) is 9.76. The standard InChI is InChI=1S/C46H30N2O/c1-3-11-31(12-4-1)32-19-22-35(23-20-32)47(37-24-26-40-39-17-9-10-18-44(39)49-45(40)30-37)36-25-28-42-41(29-36)46-38-16-8-7-13-33(38)21-27-43(46)48(42)34-14-5-2-6-15-34/h1-30H. The number of benzene rings is 8. The molecule has 0 unspecified atom stereocenters. The van der Waals surface area contributed by atoms with Gasteiger partial charge in [0.15, 0.2) is 0 Å². The van der Waals surface area contributed by atoms with E-state index in [1.54, 1.807) is 0 Å². The molecule has 10 aromatic rings. The normalized spacial score (nSPS) is 11.7. The molecule has 49 heavy (non-hydrogen) atoms. The van der Waals surface area contributed by atoms with Crippen molar-refractivity contribution in [3.05, 3.63) is 182 Å². The van der Waals surface area contributed by atoms with E-state index in [0.29, 0.717) is 0 Å². The molecular weight excluding hydrogens is 597 g/mol. The lowest BCUT2D eigenvalue weighted by atomic mass is 10.0. The van der Waals surface area contributed by atoms with Gasteiger partial charge in [0, 0.05) is 50.4 Å². The van der Waals surface area contributed by atoms with Crippen LogP contribution in [0.3, 0.4) is 0 Å². The fourth-order valence-corrected chi connectivity index (χ4v) is 7.51. The molecule has 0 bridgehead atoms. The second-order valence-corrected chi connectivity index (χ2v) is 12.6. The van der Waals surface area contributed by atoms with Gasteiger partial charge in [0.2, 0.25) is 0 Å². The molecule has 0 fully saturated rings. The Hall–Kier alpha value is -6.58. The van der Waals surface area contributed by atoms with E-state index in [2.05, 4.69) is 179 Å². The summed E-state index contributed by atoms with van der Waals surface area (Å²) in [6.45, 7) is 0. The van der Waals surface area contributed by atoms with Crippen molar-refractivity contribution in [1.29, 1.82) is 0 Å². The summed E-state index contributed by atoms with van der Waals surface area (Å²) in [6.07, 6.45) is 0. The predicted molar refractivity (Wildman–Crippen MR) is 206 cm³/mol. The van der Waals surface area contributed by atoms with E-state index in [-0.39, 0.29) is 0 Å². The number of anilines is 3. The zero-order valence-corrected chi connectivity index (χ0v) is 26.6. The fourth-order valence-electron chi connectivity index (χ4n) is 7.51. The summed E-state index contributed by atoms with van der Waals surface area (Å²) in [5, 5.41) is 7.20. The molecule has 0 radical (unpaired) electrons. The molecule has 8 aromatic carbocycles. The average Bonchev–Trinajstić information content (AvgIpc) is 3.71. The Bertz CT molecular complexity index is 2810. The summed E-state index contributed by atoms with van der Waals surface area (Å²) in [4.78, 5) is 2.34. The Kier molecular flexibility index (Phi) is 6.18. The predicted octanol–water partition coefficient (Wildman–Crippen LogP) is 13.0. The van der Waals surface area contributed by atoms with Crippen LogP contribution in [-0.4, -0.2) is 4.57 Å². The SMILES string of the molecule is c1ccc(-c2ccc(N(c3ccc4c(c3)oc3ccccc34)c3ccc4c(c3)c3c5ccccc5ccc3n4-c3ccccc3)cc2)cc1. The molecule has 0 atom stereocenters. The highest BCUT2D eigenvalue weighted by atomic mass is 16.3. The van der Waals surface area contributed by atoms with E-state index >= 15 is 0 Å². The molecule has 2 heterocycles. The molecule has 230 valence electrons. The van der Waals surface area contributed by atoms with Crippen molar-refractivity contribution in [2.24, 2.45) is 0 Å². The summed E-state index contributed by atoms with van der Waals surface area (Å²) in [5.41, 5.74) is 10.9. The van der Waals surface area contributed by atoms with Gasteiger partial charge in [-0.2, -0.15) is 0 Å². The first-order valence-corrected chi connectivity index (χ1v) is 16.7. The molecule has 0 spiro atoms. The van der Waals surface area contributed by atoms with Crippen LogP contribution in [0.4, 0.5) is 17.1 Å². The molecule has 0 aliphatic heterocycles. The van der Waals surface area contributed by atoms with E-state index in [4.69, 9.17) is 4.42 Å². The number of para-hydroxylation sites is 2. The highest BCUT2D eigenvalue weighted by Gasteiger charge is 2.20. The number of furan rings is 1. The molecule has 0 saturated heterocycles. The molecule has 0 saturated carbocycles. The lowest BCUT2D eigenvalue weighted by molar-refractivity contribution is 0.669. The minimum Gasteiger partial charge on any atom is -0.456 e. The van der Waals surface area contributed by atoms with Crippen LogP contribution in [0.5, 0.6) is 0 Å². The van der Waals surface area contributed by atoms with Crippen molar-refractivity contribution < 1.29 is 4.42 Å². The number of nitrogens with zero attached hydrogens (tertiary/aromatic N) is 2. The maximum absolute atomic E-state index is 6.39. The zero-order valence-electron chi connectivity index (χ0n) is 26.6. The lowest BCUT2D eigenvalue weighted by Crippen LogP contribution is -2.09. The van der Waals surface area contributed by atoms with Gasteiger partial charge in [-0.3, -0.25) is 0 Å². The molecule has 0 N–H and O–H groups in total. The van der Waals surface area contributed by atoms with E-state index in [9.17, 15) is 0 Å². The van der Waals surface area contributed by atoms with Crippen molar-refractivity contribution in [2.45, 2.75) is 0 Å². The minimum atomic E-state index is 0.873. The number of hydrogen-bond donors (Lipinski definition) is 0. The van der Waals surface area contributed by atoms with Crippen LogP contribution in [-0.2, 0) is 0 Å². The summed E-state index contributed by atoms with van der Waals surface area (Å²) in [6, 6.07) is 65.0. The summed E-state index contributed by atoms with van der Waals surface area (Å²) in [7, 11) is 0. The van der Waals surface area contributed by atoms with E-state index in [1.165, 1.54) is 43.7 Å². The Morgan fingerprint density at radius 3 is 1.84 bits per heavy atom. The van der Waals surface area contributed by atoms with Gasteiger partial charge in [0.25, 0.3) is 0 Å². The first-order valence-electron chi connectivity index (χ1n) is 16.7. The monoisotopic (exact) mass is 626 g/mol. The highest BCUT2D eigenvalue weighted by molar-refractivity contribution is 6.22. The maximum atomic E-state index is 6.39. The molecular formula is C46H30N2O. The van der Waals surface area contributed by atoms with Crippen molar-refractivity contribution in [3.8, 4) is 16.8 Å². The smallest absolute Gasteiger partial charge is 0.137 e. The van der Waals surface area contributed by atoms with Crippen LogP contribution in [0.25, 0.3) is 71.3 Å². The Morgan fingerprint density at radius 2 is 1.00 bits per heavy atom. The average molecular weight is 627 g/mol. The van der Waals surface area contributed by atoms with Crippen molar-refractivity contribution >= 4 is 71.6 Å². The summed E-state index contributed by atoms with van der Waals surface area (Å²) >= 11 is 0. The molecule has 3 heteroatoms. The highest BCUT2D eigenvalue weighted by Crippen LogP contribution is 2.43. The third kappa shape index (κ3) is 4.44. The van der Waals surface area contributed by atoms with Gasteiger partial charge in [-0.25, -0.2) is 0 Å². The van der Waals surface area contributed by atoms with Crippen LogP contribution < -0.4 is 4.90 Å². The second kappa shape index (κ2) is 11.0. The van der Waals surface area contributed by atoms with Crippen molar-refractivity contribution in [2.75, 3.05) is 4.90 Å². The zero-order chi connectivity index (χ0) is 32.3. The topological polar surface area (TPSA) is 21.3 Å². The third-order valence-corrected chi connectivity index (χ3v) is 9.76. The van der Waals surface area contributed by atoms with Crippen molar-refractivity contribution in [3.63, 3.8) is 0 Å². The molecule has 10 rings (SSSR count). The van der Waals surface area contributed by atoms with Crippen LogP contribution in [0.1, 0.15) is 0 Å². The molecule has 3 nitrogen and oxygen atoms in total. The summed E-state index contributed by atoms with van der Waals surface area (Å²) in [5.74, 6) is 0. The van der Waals surface area contributed by atoms with Gasteiger partial charge < -0.3 is 13.9 Å². The van der Waals surface area contributed by atoms with Crippen LogP contribution in [0.2, 0.25) is 0 Å². The van der Waals surface area contributed by atoms with E-state index < -0.39 is 0 Å². The number of fused-ring (bicyclic) bond motifs is 8. The quantitative estimate of drug-likeness (QED) is 0.190. The van der Waals surface area contributed by atoms with Gasteiger partial charge in [0.05, 0.1) is 11.0 Å². The van der Waals surface area contributed by atoms with Gasteiger partial charge in [-0.15, -0.1) is 0 Å². The van der Waals surface area contributed by atoms with Crippen molar-refractivity contribution in [1.82, 2.24) is 4.57 Å². The van der Waals surface area contributed by atoms with Crippen LogP contribution in [0.15, 0.2) is 186 Å². The van der Waals surface area contributed by atoms with Gasteiger partial charge >= 0.3 is 0 Å². The van der Waals surface area contributed by atoms with Gasteiger partial charge in [-0.05, 0) is 88.6 Å². The number of rotatable bonds is 5. The van der Waals surface area contributed by atoms with Gasteiger partial charge in [0.1, 0.15) is 11.2 Å². The summed E-state index contributed by atoms with van der Waals surface area (Å²) < 4.78 is 8.78. The fraction of sp³-hybridized carbons (Fsp3) is 0. The van der Waals surface area contributed by atoms with Gasteiger partial charge in [-0.1, -0.05) is 109 Å². The Labute approximate surface area is 283 Å². The minimum absolute atomic E-state index is 0.873. The molecule has 0 aliphatic carbocycles.